The first kappa shape index (κ1) is 13.7. The van der Waals surface area contributed by atoms with Crippen LogP contribution >= 0.6 is 31.9 Å². The first-order valence-corrected chi connectivity index (χ1v) is 6.35. The van der Waals surface area contributed by atoms with Gasteiger partial charge in [-0.05, 0) is 55.5 Å². The molecule has 2 atom stereocenters. The minimum Gasteiger partial charge on any atom is -0.481 e. The molecule has 0 aromatic heterocycles. The molecule has 0 bridgehead atoms. The summed E-state index contributed by atoms with van der Waals surface area (Å²) in [7, 11) is 0. The van der Waals surface area contributed by atoms with E-state index in [2.05, 4.69) is 31.9 Å². The fourth-order valence-electron chi connectivity index (χ4n) is 1.41. The lowest BCUT2D eigenvalue weighted by Crippen LogP contribution is -2.13. The average Bonchev–Trinajstić information content (AvgIpc) is 2.20. The number of hydrogen-bond donors (Lipinski definition) is 2. The van der Waals surface area contributed by atoms with Gasteiger partial charge in [-0.25, -0.2) is 0 Å². The Morgan fingerprint density at radius 1 is 1.38 bits per heavy atom. The highest BCUT2D eigenvalue weighted by atomic mass is 79.9. The van der Waals surface area contributed by atoms with Crippen LogP contribution in [0.3, 0.4) is 0 Å². The summed E-state index contributed by atoms with van der Waals surface area (Å²) in [5.41, 5.74) is 0.712. The van der Waals surface area contributed by atoms with Gasteiger partial charge in [0.15, 0.2) is 0 Å². The Morgan fingerprint density at radius 3 is 2.50 bits per heavy atom. The summed E-state index contributed by atoms with van der Waals surface area (Å²) >= 11 is 6.67. The Morgan fingerprint density at radius 2 is 2.00 bits per heavy atom. The van der Waals surface area contributed by atoms with Gasteiger partial charge in [-0.15, -0.1) is 0 Å². The number of halogens is 2. The SMILES string of the molecule is CC(CC(=O)O)C(O)c1ccc(Br)c(Br)c1. The molecule has 0 aliphatic rings. The molecule has 0 saturated carbocycles. The number of hydrogen-bond acceptors (Lipinski definition) is 2. The normalized spacial score (nSPS) is 14.5. The fraction of sp³-hybridized carbons (Fsp3) is 0.364. The second-order valence-electron chi connectivity index (χ2n) is 3.69. The molecule has 1 aromatic carbocycles. The van der Waals surface area contributed by atoms with Crippen LogP contribution in [-0.4, -0.2) is 16.2 Å². The third kappa shape index (κ3) is 3.57. The third-order valence-electron chi connectivity index (χ3n) is 2.32. The molecule has 16 heavy (non-hydrogen) atoms. The first-order chi connectivity index (χ1) is 7.41. The lowest BCUT2D eigenvalue weighted by atomic mass is 9.95. The number of aliphatic hydroxyl groups excluding tert-OH is 1. The molecule has 0 spiro atoms. The summed E-state index contributed by atoms with van der Waals surface area (Å²) < 4.78 is 1.74. The summed E-state index contributed by atoms with van der Waals surface area (Å²) in [6, 6.07) is 5.38. The molecule has 3 nitrogen and oxygen atoms in total. The minimum atomic E-state index is -0.900. The predicted octanol–water partition coefficient (Wildman–Crippen LogP) is 3.36. The van der Waals surface area contributed by atoms with Crippen LogP contribution in [0, 0.1) is 5.92 Å². The number of carboxylic acid groups (broad SMARTS) is 1. The van der Waals surface area contributed by atoms with Crippen molar-refractivity contribution in [2.45, 2.75) is 19.4 Å². The molecule has 0 aliphatic heterocycles. The Kier molecular flexibility index (Phi) is 4.95. The Balaban J connectivity index is 2.83. The molecule has 88 valence electrons. The molecular weight excluding hydrogens is 340 g/mol. The molecule has 0 aliphatic carbocycles. The van der Waals surface area contributed by atoms with Crippen molar-refractivity contribution in [1.82, 2.24) is 0 Å². The van der Waals surface area contributed by atoms with Crippen LogP contribution in [-0.2, 0) is 4.79 Å². The maximum atomic E-state index is 10.5. The molecule has 2 N–H and O–H groups in total. The number of carboxylic acids is 1. The summed E-state index contributed by atoms with van der Waals surface area (Å²) in [6.07, 6.45) is -0.810. The number of carbonyl (C=O) groups is 1. The number of rotatable bonds is 4. The molecule has 0 amide bonds. The highest BCUT2D eigenvalue weighted by Crippen LogP contribution is 2.30. The van der Waals surface area contributed by atoms with E-state index in [0.29, 0.717) is 5.56 Å². The quantitative estimate of drug-likeness (QED) is 0.874. The lowest BCUT2D eigenvalue weighted by molar-refractivity contribution is -0.139. The molecular formula is C11H12Br2O3. The van der Waals surface area contributed by atoms with Crippen molar-refractivity contribution in [3.63, 3.8) is 0 Å². The van der Waals surface area contributed by atoms with Gasteiger partial charge in [0.2, 0.25) is 0 Å². The minimum absolute atomic E-state index is 0.0468. The van der Waals surface area contributed by atoms with Gasteiger partial charge in [-0.3, -0.25) is 4.79 Å². The van der Waals surface area contributed by atoms with E-state index >= 15 is 0 Å². The number of aliphatic hydroxyl groups is 1. The van der Waals surface area contributed by atoms with E-state index in [4.69, 9.17) is 5.11 Å². The van der Waals surface area contributed by atoms with Crippen LogP contribution in [0.4, 0.5) is 0 Å². The zero-order valence-electron chi connectivity index (χ0n) is 8.65. The Hall–Kier alpha value is -0.390. The van der Waals surface area contributed by atoms with Gasteiger partial charge in [0.05, 0.1) is 12.5 Å². The third-order valence-corrected chi connectivity index (χ3v) is 4.20. The standard InChI is InChI=1S/C11H12Br2O3/c1-6(4-10(14)15)11(16)7-2-3-8(12)9(13)5-7/h2-3,5-6,11,16H,4H2,1H3,(H,14,15). The largest absolute Gasteiger partial charge is 0.481 e. The molecule has 0 saturated heterocycles. The summed E-state index contributed by atoms with van der Waals surface area (Å²) in [6.45, 7) is 1.72. The van der Waals surface area contributed by atoms with E-state index in [1.165, 1.54) is 0 Å². The van der Waals surface area contributed by atoms with Crippen LogP contribution in [0.1, 0.15) is 25.0 Å². The molecule has 0 heterocycles. The van der Waals surface area contributed by atoms with Gasteiger partial charge in [0, 0.05) is 8.95 Å². The molecule has 1 rings (SSSR count). The highest BCUT2D eigenvalue weighted by molar-refractivity contribution is 9.13. The van der Waals surface area contributed by atoms with Crippen molar-refractivity contribution in [3.8, 4) is 0 Å². The van der Waals surface area contributed by atoms with Crippen molar-refractivity contribution >= 4 is 37.8 Å². The predicted molar refractivity (Wildman–Crippen MR) is 68.2 cm³/mol. The summed E-state index contributed by atoms with van der Waals surface area (Å²) in [5, 5.41) is 18.6. The van der Waals surface area contributed by atoms with Crippen LogP contribution < -0.4 is 0 Å². The van der Waals surface area contributed by atoms with Gasteiger partial charge in [0.25, 0.3) is 0 Å². The Bertz CT molecular complexity index is 393. The van der Waals surface area contributed by atoms with Crippen molar-refractivity contribution in [2.24, 2.45) is 5.92 Å². The van der Waals surface area contributed by atoms with Crippen molar-refractivity contribution in [2.75, 3.05) is 0 Å². The number of aliphatic carboxylic acids is 1. The van der Waals surface area contributed by atoms with E-state index in [-0.39, 0.29) is 12.3 Å². The van der Waals surface area contributed by atoms with E-state index in [9.17, 15) is 9.90 Å². The van der Waals surface area contributed by atoms with Crippen molar-refractivity contribution in [3.05, 3.63) is 32.7 Å². The topological polar surface area (TPSA) is 57.5 Å². The van der Waals surface area contributed by atoms with Gasteiger partial charge >= 0.3 is 5.97 Å². The van der Waals surface area contributed by atoms with Crippen LogP contribution in [0.2, 0.25) is 0 Å². The first-order valence-electron chi connectivity index (χ1n) is 4.76. The van der Waals surface area contributed by atoms with Crippen LogP contribution in [0.25, 0.3) is 0 Å². The molecule has 0 radical (unpaired) electrons. The van der Waals surface area contributed by atoms with E-state index in [1.54, 1.807) is 19.1 Å². The summed E-state index contributed by atoms with van der Waals surface area (Å²) in [5.74, 6) is -1.21. The molecule has 2 unspecified atom stereocenters. The van der Waals surface area contributed by atoms with Crippen molar-refractivity contribution in [1.29, 1.82) is 0 Å². The maximum absolute atomic E-state index is 10.5. The summed E-state index contributed by atoms with van der Waals surface area (Å²) in [4.78, 5) is 10.5. The van der Waals surface area contributed by atoms with Gasteiger partial charge in [0.1, 0.15) is 0 Å². The van der Waals surface area contributed by atoms with Crippen molar-refractivity contribution < 1.29 is 15.0 Å². The zero-order chi connectivity index (χ0) is 12.3. The van der Waals surface area contributed by atoms with E-state index in [1.807, 2.05) is 6.07 Å². The second-order valence-corrected chi connectivity index (χ2v) is 5.40. The smallest absolute Gasteiger partial charge is 0.303 e. The molecule has 1 aromatic rings. The van der Waals surface area contributed by atoms with Gasteiger partial charge in [-0.1, -0.05) is 13.0 Å². The lowest BCUT2D eigenvalue weighted by Gasteiger charge is -2.17. The van der Waals surface area contributed by atoms with Gasteiger partial charge < -0.3 is 10.2 Å². The highest BCUT2D eigenvalue weighted by Gasteiger charge is 2.19. The Labute approximate surface area is 111 Å². The van der Waals surface area contributed by atoms with Crippen LogP contribution in [0.15, 0.2) is 27.1 Å². The second kappa shape index (κ2) is 5.80. The number of benzene rings is 1. The van der Waals surface area contributed by atoms with Gasteiger partial charge in [-0.2, -0.15) is 0 Å². The van der Waals surface area contributed by atoms with E-state index < -0.39 is 12.1 Å². The zero-order valence-corrected chi connectivity index (χ0v) is 11.8. The molecule has 5 heteroatoms. The van der Waals surface area contributed by atoms with E-state index in [0.717, 1.165) is 8.95 Å². The fourth-order valence-corrected chi connectivity index (χ4v) is 2.06. The maximum Gasteiger partial charge on any atom is 0.303 e. The van der Waals surface area contributed by atoms with Crippen LogP contribution in [0.5, 0.6) is 0 Å². The average molecular weight is 352 g/mol. The monoisotopic (exact) mass is 350 g/mol. The molecule has 0 fully saturated rings.